The summed E-state index contributed by atoms with van der Waals surface area (Å²) in [7, 11) is 0. The maximum Gasteiger partial charge on any atom is 0.410 e. The number of hydrogen-bond acceptors (Lipinski definition) is 3. The molecule has 6 nitrogen and oxygen atoms in total. The monoisotopic (exact) mass is 445 g/mol. The molecule has 1 aromatic heterocycles. The molecule has 1 saturated carbocycles. The van der Waals surface area contributed by atoms with Crippen molar-refractivity contribution in [1.82, 2.24) is 15.2 Å². The van der Waals surface area contributed by atoms with Gasteiger partial charge in [-0.05, 0) is 82.6 Å². The van der Waals surface area contributed by atoms with Gasteiger partial charge >= 0.3 is 6.09 Å². The van der Waals surface area contributed by atoms with Gasteiger partial charge in [0.05, 0.1) is 0 Å². The number of aromatic amines is 1. The first-order valence-corrected chi connectivity index (χ1v) is 11.7. The minimum absolute atomic E-state index is 0.0593. The van der Waals surface area contributed by atoms with Gasteiger partial charge in [-0.1, -0.05) is 18.0 Å². The quantitative estimate of drug-likeness (QED) is 0.667. The number of fused-ring (bicyclic) bond motifs is 1. The first-order chi connectivity index (χ1) is 14.7. The standard InChI is InChI=1S/C24H32ClN3O3/c1-24(2,3)31-23(30)28-11-5-8-21(28)22(29)27-17-7-4-6-15(12-17)19-14-26-20-10-9-16(25)13-18(19)20/h9-10,13-15,17,21,26H,4-8,11-12H2,1-3H3,(H,27,29)/t15-,17?,21?/m1/s1. The largest absolute Gasteiger partial charge is 0.444 e. The van der Waals surface area contributed by atoms with Crippen LogP contribution in [0.4, 0.5) is 4.79 Å². The third-order valence-corrected chi connectivity index (χ3v) is 6.55. The van der Waals surface area contributed by atoms with Gasteiger partial charge in [-0.3, -0.25) is 9.69 Å². The summed E-state index contributed by atoms with van der Waals surface area (Å²) in [5, 5.41) is 5.13. The first kappa shape index (κ1) is 22.0. The number of likely N-dealkylation sites (tertiary alicyclic amines) is 1. The molecule has 2 fully saturated rings. The molecule has 31 heavy (non-hydrogen) atoms. The van der Waals surface area contributed by atoms with Crippen molar-refractivity contribution >= 4 is 34.5 Å². The SMILES string of the molecule is CC(C)(C)OC(=O)N1CCCC1C(=O)NC1CCC[C@@H](c2c[nH]c3ccc(Cl)cc23)C1. The third-order valence-electron chi connectivity index (χ3n) is 6.32. The van der Waals surface area contributed by atoms with E-state index in [9.17, 15) is 9.59 Å². The van der Waals surface area contributed by atoms with Crippen LogP contribution in [-0.4, -0.2) is 46.1 Å². The smallest absolute Gasteiger partial charge is 0.410 e. The van der Waals surface area contributed by atoms with Gasteiger partial charge in [0.2, 0.25) is 5.91 Å². The predicted octanol–water partition coefficient (Wildman–Crippen LogP) is 5.36. The summed E-state index contributed by atoms with van der Waals surface area (Å²) in [5.74, 6) is 0.313. The highest BCUT2D eigenvalue weighted by molar-refractivity contribution is 6.31. The van der Waals surface area contributed by atoms with E-state index in [0.29, 0.717) is 18.9 Å². The number of aromatic nitrogens is 1. The fourth-order valence-electron chi connectivity index (χ4n) is 4.93. The Hall–Kier alpha value is -2.21. The molecule has 2 amide bonds. The van der Waals surface area contributed by atoms with Crippen molar-refractivity contribution < 1.29 is 14.3 Å². The Morgan fingerprint density at radius 3 is 2.77 bits per heavy atom. The van der Waals surface area contributed by atoms with E-state index in [2.05, 4.69) is 16.5 Å². The van der Waals surface area contributed by atoms with Crippen LogP contribution in [0.5, 0.6) is 0 Å². The van der Waals surface area contributed by atoms with Gasteiger partial charge < -0.3 is 15.0 Å². The van der Waals surface area contributed by atoms with Crippen molar-refractivity contribution in [3.8, 4) is 0 Å². The van der Waals surface area contributed by atoms with Crippen molar-refractivity contribution in [1.29, 1.82) is 0 Å². The van der Waals surface area contributed by atoms with Crippen LogP contribution < -0.4 is 5.32 Å². The summed E-state index contributed by atoms with van der Waals surface area (Å²) in [5.41, 5.74) is 1.79. The van der Waals surface area contributed by atoms with E-state index in [1.807, 2.05) is 39.0 Å². The van der Waals surface area contributed by atoms with Crippen LogP contribution in [0.25, 0.3) is 10.9 Å². The van der Waals surface area contributed by atoms with Crippen molar-refractivity contribution in [2.45, 2.75) is 82.9 Å². The van der Waals surface area contributed by atoms with E-state index >= 15 is 0 Å². The molecule has 2 aromatic rings. The lowest BCUT2D eigenvalue weighted by atomic mass is 9.81. The molecular formula is C24H32ClN3O3. The molecule has 2 aliphatic rings. The lowest BCUT2D eigenvalue weighted by Crippen LogP contribution is -2.50. The highest BCUT2D eigenvalue weighted by Crippen LogP contribution is 2.37. The second kappa shape index (κ2) is 8.73. The van der Waals surface area contributed by atoms with E-state index in [1.54, 1.807) is 4.90 Å². The highest BCUT2D eigenvalue weighted by atomic mass is 35.5. The molecule has 3 atom stereocenters. The summed E-state index contributed by atoms with van der Waals surface area (Å²) in [6, 6.07) is 5.58. The van der Waals surface area contributed by atoms with Crippen LogP contribution in [0.2, 0.25) is 5.02 Å². The van der Waals surface area contributed by atoms with Gasteiger partial charge in [0.1, 0.15) is 11.6 Å². The summed E-state index contributed by atoms with van der Waals surface area (Å²) >= 11 is 6.22. The molecule has 1 saturated heterocycles. The average molecular weight is 446 g/mol. The fourth-order valence-corrected chi connectivity index (χ4v) is 5.10. The summed E-state index contributed by atoms with van der Waals surface area (Å²) in [6.45, 7) is 6.10. The molecule has 0 bridgehead atoms. The number of nitrogens with one attached hydrogen (secondary N) is 2. The lowest BCUT2D eigenvalue weighted by molar-refractivity contribution is -0.126. The summed E-state index contributed by atoms with van der Waals surface area (Å²) in [6.07, 6.45) is 7.19. The van der Waals surface area contributed by atoms with E-state index in [1.165, 1.54) is 5.56 Å². The Balaban J connectivity index is 1.41. The van der Waals surface area contributed by atoms with E-state index in [-0.39, 0.29) is 11.9 Å². The number of halogens is 1. The second-order valence-corrected chi connectivity index (χ2v) is 10.3. The van der Waals surface area contributed by atoms with Crippen molar-refractivity contribution in [2.75, 3.05) is 6.54 Å². The zero-order valence-corrected chi connectivity index (χ0v) is 19.3. The van der Waals surface area contributed by atoms with Crippen LogP contribution in [0, 0.1) is 0 Å². The number of carbonyl (C=O) groups excluding carboxylic acids is 2. The van der Waals surface area contributed by atoms with Crippen LogP contribution in [0.15, 0.2) is 24.4 Å². The molecule has 168 valence electrons. The number of nitrogens with zero attached hydrogens (tertiary/aromatic N) is 1. The van der Waals surface area contributed by atoms with Crippen molar-refractivity contribution in [3.63, 3.8) is 0 Å². The number of carbonyl (C=O) groups is 2. The molecule has 7 heteroatoms. The molecule has 0 radical (unpaired) electrons. The number of rotatable bonds is 3. The Kier molecular flexibility index (Phi) is 6.20. The third kappa shape index (κ3) is 5.00. The molecular weight excluding hydrogens is 414 g/mol. The van der Waals surface area contributed by atoms with E-state index < -0.39 is 17.7 Å². The Morgan fingerprint density at radius 1 is 1.19 bits per heavy atom. The molecule has 4 rings (SSSR count). The number of ether oxygens (including phenoxy) is 1. The maximum atomic E-state index is 13.1. The molecule has 1 aliphatic heterocycles. The second-order valence-electron chi connectivity index (χ2n) is 9.83. The fraction of sp³-hybridized carbons (Fsp3) is 0.583. The number of H-pyrrole nitrogens is 1. The number of hydrogen-bond donors (Lipinski definition) is 2. The zero-order chi connectivity index (χ0) is 22.2. The Labute approximate surface area is 188 Å². The minimum Gasteiger partial charge on any atom is -0.444 e. The lowest BCUT2D eigenvalue weighted by Gasteiger charge is -2.32. The summed E-state index contributed by atoms with van der Waals surface area (Å²) < 4.78 is 5.50. The van der Waals surface area contributed by atoms with Crippen LogP contribution >= 0.6 is 11.6 Å². The van der Waals surface area contributed by atoms with Gasteiger partial charge in [-0.2, -0.15) is 0 Å². The minimum atomic E-state index is -0.570. The molecule has 2 heterocycles. The van der Waals surface area contributed by atoms with Gasteiger partial charge in [0.15, 0.2) is 0 Å². The van der Waals surface area contributed by atoms with Gasteiger partial charge in [0.25, 0.3) is 0 Å². The highest BCUT2D eigenvalue weighted by Gasteiger charge is 2.38. The normalized spacial score (nSPS) is 24.4. The number of benzene rings is 1. The average Bonchev–Trinajstić information content (AvgIpc) is 3.34. The van der Waals surface area contributed by atoms with Gasteiger partial charge in [0, 0.05) is 34.7 Å². The zero-order valence-electron chi connectivity index (χ0n) is 18.5. The number of amides is 2. The van der Waals surface area contributed by atoms with Crippen LogP contribution in [-0.2, 0) is 9.53 Å². The van der Waals surface area contributed by atoms with Crippen molar-refractivity contribution in [3.05, 3.63) is 35.0 Å². The van der Waals surface area contributed by atoms with E-state index in [0.717, 1.165) is 48.0 Å². The Bertz CT molecular complexity index is 965. The molecule has 0 spiro atoms. The maximum absolute atomic E-state index is 13.1. The first-order valence-electron chi connectivity index (χ1n) is 11.3. The molecule has 2 unspecified atom stereocenters. The van der Waals surface area contributed by atoms with Gasteiger partial charge in [-0.25, -0.2) is 4.79 Å². The molecule has 2 N–H and O–H groups in total. The molecule has 1 aromatic carbocycles. The van der Waals surface area contributed by atoms with E-state index in [4.69, 9.17) is 16.3 Å². The van der Waals surface area contributed by atoms with Crippen LogP contribution in [0.3, 0.4) is 0 Å². The summed E-state index contributed by atoms with van der Waals surface area (Å²) in [4.78, 5) is 30.5. The Morgan fingerprint density at radius 2 is 2.00 bits per heavy atom. The predicted molar refractivity (Wildman–Crippen MR) is 122 cm³/mol. The molecule has 1 aliphatic carbocycles. The van der Waals surface area contributed by atoms with Crippen molar-refractivity contribution in [2.24, 2.45) is 0 Å². The van der Waals surface area contributed by atoms with Crippen LogP contribution in [0.1, 0.15) is 70.8 Å². The van der Waals surface area contributed by atoms with Gasteiger partial charge in [-0.15, -0.1) is 0 Å². The topological polar surface area (TPSA) is 74.4 Å².